The fourth-order valence-corrected chi connectivity index (χ4v) is 3.20. The number of anilines is 1. The highest BCUT2D eigenvalue weighted by atomic mass is 19.1. The molecule has 0 spiro atoms. The first-order valence-corrected chi connectivity index (χ1v) is 8.33. The lowest BCUT2D eigenvalue weighted by molar-refractivity contribution is -0.124. The summed E-state index contributed by atoms with van der Waals surface area (Å²) in [7, 11) is 0. The monoisotopic (exact) mass is 354 g/mol. The van der Waals surface area contributed by atoms with Gasteiger partial charge in [-0.2, -0.15) is 5.10 Å². The van der Waals surface area contributed by atoms with Crippen molar-refractivity contribution < 1.29 is 13.6 Å². The van der Waals surface area contributed by atoms with E-state index in [2.05, 4.69) is 15.4 Å². The van der Waals surface area contributed by atoms with Crippen LogP contribution in [-0.4, -0.2) is 20.7 Å². The van der Waals surface area contributed by atoms with Gasteiger partial charge in [-0.25, -0.2) is 13.5 Å². The number of carbonyl (C=O) groups is 1. The Bertz CT molecular complexity index is 948. The molecule has 0 bridgehead atoms. The molecular weight excluding hydrogens is 338 g/mol. The van der Waals surface area contributed by atoms with Crippen LogP contribution >= 0.6 is 0 Å². The van der Waals surface area contributed by atoms with Gasteiger partial charge in [0.05, 0.1) is 16.8 Å². The minimum Gasteiger partial charge on any atom is -0.308 e. The Kier molecular flexibility index (Phi) is 3.99. The standard InChI is InChI=1S/C19H16F2N4O/c20-13-4-6-14(7-5-13)25-12-8-16(24-25)23-18(26)19(9-2-10-19)17-15(21)3-1-11-22-17/h1,3-8,11-12H,2,9-10H2,(H,23,24,26). The number of rotatable bonds is 4. The average Bonchev–Trinajstić information content (AvgIpc) is 3.05. The summed E-state index contributed by atoms with van der Waals surface area (Å²) in [6.45, 7) is 0. The van der Waals surface area contributed by atoms with Gasteiger partial charge in [-0.05, 0) is 49.2 Å². The fraction of sp³-hybridized carbons (Fsp3) is 0.211. The third kappa shape index (κ3) is 2.75. The zero-order valence-electron chi connectivity index (χ0n) is 13.8. The minimum absolute atomic E-state index is 0.182. The number of nitrogens with zero attached hydrogens (tertiary/aromatic N) is 3. The number of nitrogens with one attached hydrogen (secondary N) is 1. The second-order valence-electron chi connectivity index (χ2n) is 6.35. The number of hydrogen-bond acceptors (Lipinski definition) is 3. The van der Waals surface area contributed by atoms with Crippen LogP contribution in [0.3, 0.4) is 0 Å². The molecule has 132 valence electrons. The molecule has 0 atom stereocenters. The summed E-state index contributed by atoms with van der Waals surface area (Å²) < 4.78 is 28.7. The van der Waals surface area contributed by atoms with E-state index in [1.54, 1.807) is 24.4 Å². The normalized spacial score (nSPS) is 15.3. The predicted octanol–water partition coefficient (Wildman–Crippen LogP) is 3.61. The van der Waals surface area contributed by atoms with Crippen molar-refractivity contribution in [2.45, 2.75) is 24.7 Å². The quantitative estimate of drug-likeness (QED) is 0.779. The van der Waals surface area contributed by atoms with E-state index in [1.165, 1.54) is 35.1 Å². The summed E-state index contributed by atoms with van der Waals surface area (Å²) in [6, 6.07) is 10.3. The van der Waals surface area contributed by atoms with Crippen LogP contribution in [0, 0.1) is 11.6 Å². The van der Waals surface area contributed by atoms with Crippen LogP contribution in [0.2, 0.25) is 0 Å². The summed E-state index contributed by atoms with van der Waals surface area (Å²) in [5, 5.41) is 7.05. The average molecular weight is 354 g/mol. The first-order valence-electron chi connectivity index (χ1n) is 8.33. The number of hydrogen-bond donors (Lipinski definition) is 1. The van der Waals surface area contributed by atoms with Gasteiger partial charge in [-0.1, -0.05) is 6.42 Å². The molecule has 0 saturated heterocycles. The van der Waals surface area contributed by atoms with E-state index < -0.39 is 11.2 Å². The van der Waals surface area contributed by atoms with Gasteiger partial charge >= 0.3 is 0 Å². The van der Waals surface area contributed by atoms with Crippen molar-refractivity contribution in [3.05, 3.63) is 72.2 Å². The zero-order valence-corrected chi connectivity index (χ0v) is 13.8. The minimum atomic E-state index is -0.953. The van der Waals surface area contributed by atoms with Crippen molar-refractivity contribution in [3.8, 4) is 5.69 Å². The molecule has 1 fully saturated rings. The van der Waals surface area contributed by atoms with Crippen molar-refractivity contribution in [1.82, 2.24) is 14.8 Å². The molecule has 5 nitrogen and oxygen atoms in total. The Morgan fingerprint density at radius 2 is 1.88 bits per heavy atom. The molecule has 1 saturated carbocycles. The summed E-state index contributed by atoms with van der Waals surface area (Å²) in [4.78, 5) is 16.9. The maximum Gasteiger partial charge on any atom is 0.237 e. The molecule has 1 aliphatic rings. The summed E-state index contributed by atoms with van der Waals surface area (Å²) in [6.07, 6.45) is 5.09. The van der Waals surface area contributed by atoms with Gasteiger partial charge in [-0.3, -0.25) is 9.78 Å². The molecule has 0 unspecified atom stereocenters. The van der Waals surface area contributed by atoms with Crippen LogP contribution in [-0.2, 0) is 10.2 Å². The van der Waals surface area contributed by atoms with Crippen molar-refractivity contribution in [3.63, 3.8) is 0 Å². The summed E-state index contributed by atoms with van der Waals surface area (Å²) in [5.41, 5.74) is -0.104. The third-order valence-corrected chi connectivity index (χ3v) is 4.78. The molecular formula is C19H16F2N4O. The highest BCUT2D eigenvalue weighted by Gasteiger charge is 2.48. The van der Waals surface area contributed by atoms with Gasteiger partial charge in [0, 0.05) is 18.5 Å². The molecule has 1 aromatic carbocycles. The molecule has 0 aliphatic heterocycles. The molecule has 7 heteroatoms. The maximum absolute atomic E-state index is 14.2. The molecule has 3 aromatic rings. The van der Waals surface area contributed by atoms with Gasteiger partial charge in [0.1, 0.15) is 11.6 Å². The second kappa shape index (κ2) is 6.33. The van der Waals surface area contributed by atoms with Crippen molar-refractivity contribution in [1.29, 1.82) is 0 Å². The van der Waals surface area contributed by atoms with E-state index in [-0.39, 0.29) is 17.4 Å². The lowest BCUT2D eigenvalue weighted by Gasteiger charge is -2.39. The topological polar surface area (TPSA) is 59.8 Å². The Morgan fingerprint density at radius 1 is 1.12 bits per heavy atom. The molecule has 4 rings (SSSR count). The van der Waals surface area contributed by atoms with Crippen LogP contribution in [0.4, 0.5) is 14.6 Å². The highest BCUT2D eigenvalue weighted by Crippen LogP contribution is 2.44. The molecule has 0 radical (unpaired) electrons. The van der Waals surface area contributed by atoms with E-state index in [1.807, 2.05) is 0 Å². The number of carbonyl (C=O) groups excluding carboxylic acids is 1. The van der Waals surface area contributed by atoms with Crippen LogP contribution < -0.4 is 5.32 Å². The second-order valence-corrected chi connectivity index (χ2v) is 6.35. The molecule has 1 N–H and O–H groups in total. The van der Waals surface area contributed by atoms with Gasteiger partial charge in [0.2, 0.25) is 5.91 Å². The molecule has 1 aliphatic carbocycles. The van der Waals surface area contributed by atoms with Crippen molar-refractivity contribution in [2.24, 2.45) is 0 Å². The van der Waals surface area contributed by atoms with Crippen LogP contribution in [0.25, 0.3) is 5.69 Å². The van der Waals surface area contributed by atoms with E-state index in [0.29, 0.717) is 24.3 Å². The van der Waals surface area contributed by atoms with Crippen LogP contribution in [0.15, 0.2) is 54.9 Å². The lowest BCUT2D eigenvalue weighted by atomic mass is 9.65. The Balaban J connectivity index is 1.56. The van der Waals surface area contributed by atoms with Gasteiger partial charge in [0.15, 0.2) is 5.82 Å². The Morgan fingerprint density at radius 3 is 2.54 bits per heavy atom. The number of aromatic nitrogens is 3. The van der Waals surface area contributed by atoms with Crippen molar-refractivity contribution >= 4 is 11.7 Å². The number of pyridine rings is 1. The largest absolute Gasteiger partial charge is 0.308 e. The maximum atomic E-state index is 14.2. The lowest BCUT2D eigenvalue weighted by Crippen LogP contribution is -2.47. The zero-order chi connectivity index (χ0) is 18.1. The van der Waals surface area contributed by atoms with Crippen LogP contribution in [0.1, 0.15) is 25.0 Å². The first-order chi connectivity index (χ1) is 12.6. The van der Waals surface area contributed by atoms with Gasteiger partial charge < -0.3 is 5.32 Å². The Labute approximate surface area is 148 Å². The third-order valence-electron chi connectivity index (χ3n) is 4.78. The first kappa shape index (κ1) is 16.4. The number of benzene rings is 1. The Hall–Kier alpha value is -3.09. The predicted molar refractivity (Wildman–Crippen MR) is 91.9 cm³/mol. The van der Waals surface area contributed by atoms with Crippen LogP contribution in [0.5, 0.6) is 0 Å². The van der Waals surface area contributed by atoms with E-state index >= 15 is 0 Å². The SMILES string of the molecule is O=C(Nc1ccn(-c2ccc(F)cc2)n1)C1(c2ncccc2F)CCC1. The van der Waals surface area contributed by atoms with Gasteiger partial charge in [0.25, 0.3) is 0 Å². The van der Waals surface area contributed by atoms with E-state index in [4.69, 9.17) is 0 Å². The fourth-order valence-electron chi connectivity index (χ4n) is 3.20. The van der Waals surface area contributed by atoms with E-state index in [0.717, 1.165) is 6.42 Å². The number of halogens is 2. The summed E-state index contributed by atoms with van der Waals surface area (Å²) in [5.74, 6) is -0.773. The van der Waals surface area contributed by atoms with Gasteiger partial charge in [-0.15, -0.1) is 0 Å². The van der Waals surface area contributed by atoms with Crippen molar-refractivity contribution in [2.75, 3.05) is 5.32 Å². The smallest absolute Gasteiger partial charge is 0.237 e. The number of amides is 1. The highest BCUT2D eigenvalue weighted by molar-refractivity contribution is 5.99. The molecule has 26 heavy (non-hydrogen) atoms. The molecule has 2 aromatic heterocycles. The summed E-state index contributed by atoms with van der Waals surface area (Å²) >= 11 is 0. The van der Waals surface area contributed by atoms with E-state index in [9.17, 15) is 13.6 Å². The molecule has 1 amide bonds. The molecule has 2 heterocycles.